The van der Waals surface area contributed by atoms with Gasteiger partial charge in [-0.1, -0.05) is 24.3 Å². The Morgan fingerprint density at radius 3 is 1.23 bits per heavy atom. The zero-order valence-electron chi connectivity index (χ0n) is 16.6. The molecule has 2 amide bonds. The van der Waals surface area contributed by atoms with E-state index in [1.807, 2.05) is 0 Å². The van der Waals surface area contributed by atoms with Gasteiger partial charge in [-0.05, 0) is 62.4 Å². The summed E-state index contributed by atoms with van der Waals surface area (Å²) in [6.45, 7) is 2.92. The number of rotatable bonds is 6. The number of hydrogen-bond donors (Lipinski definition) is 2. The van der Waals surface area contributed by atoms with Crippen LogP contribution in [-0.4, -0.2) is 23.4 Å². The zero-order chi connectivity index (χ0) is 21.7. The molecule has 0 aromatic heterocycles. The maximum atomic E-state index is 12.4. The van der Waals surface area contributed by atoms with Crippen molar-refractivity contribution in [2.75, 3.05) is 10.6 Å². The highest BCUT2D eigenvalue weighted by Crippen LogP contribution is 2.15. The van der Waals surface area contributed by atoms with Gasteiger partial charge in [0.1, 0.15) is 0 Å². The Hall–Kier alpha value is -4.06. The van der Waals surface area contributed by atoms with Gasteiger partial charge in [0, 0.05) is 33.6 Å². The first kappa shape index (κ1) is 20.7. The van der Waals surface area contributed by atoms with Crippen molar-refractivity contribution in [2.24, 2.45) is 0 Å². The van der Waals surface area contributed by atoms with Crippen molar-refractivity contribution in [3.05, 3.63) is 95.1 Å². The molecular formula is C24H20N2O4. The van der Waals surface area contributed by atoms with Crippen molar-refractivity contribution in [3.8, 4) is 0 Å². The topological polar surface area (TPSA) is 92.3 Å². The van der Waals surface area contributed by atoms with Crippen LogP contribution in [0.2, 0.25) is 0 Å². The molecule has 3 rings (SSSR count). The molecule has 0 fully saturated rings. The van der Waals surface area contributed by atoms with E-state index in [-0.39, 0.29) is 23.4 Å². The average molecular weight is 400 g/mol. The van der Waals surface area contributed by atoms with Crippen molar-refractivity contribution in [1.82, 2.24) is 0 Å². The molecular weight excluding hydrogens is 380 g/mol. The standard InChI is InChI=1S/C24H20N2O4/c1-15(27)19-5-3-7-21(13-19)25-23(29)17-9-11-18(12-10-17)24(30)26-22-8-4-6-20(14-22)16(2)28/h3-14H,1-2H3,(H,25,29)(H,26,30). The third kappa shape index (κ3) is 5.05. The highest BCUT2D eigenvalue weighted by Gasteiger charge is 2.11. The third-order valence-corrected chi connectivity index (χ3v) is 4.46. The minimum atomic E-state index is -0.350. The van der Waals surface area contributed by atoms with Crippen LogP contribution in [0.4, 0.5) is 11.4 Å². The number of Topliss-reactive ketones (excluding diaryl/α,β-unsaturated/α-hetero) is 2. The van der Waals surface area contributed by atoms with Crippen molar-refractivity contribution >= 4 is 34.8 Å². The van der Waals surface area contributed by atoms with Gasteiger partial charge in [0.05, 0.1) is 0 Å². The number of nitrogens with one attached hydrogen (secondary N) is 2. The monoisotopic (exact) mass is 400 g/mol. The summed E-state index contributed by atoms with van der Waals surface area (Å²) < 4.78 is 0. The van der Waals surface area contributed by atoms with Crippen LogP contribution in [0.1, 0.15) is 55.3 Å². The Balaban J connectivity index is 1.68. The summed E-state index contributed by atoms with van der Waals surface area (Å²) in [6, 6.07) is 19.5. The van der Waals surface area contributed by atoms with Crippen LogP contribution in [0, 0.1) is 0 Å². The second kappa shape index (κ2) is 8.96. The molecule has 0 heterocycles. The largest absolute Gasteiger partial charge is 0.322 e. The van der Waals surface area contributed by atoms with Crippen molar-refractivity contribution in [3.63, 3.8) is 0 Å². The maximum absolute atomic E-state index is 12.4. The number of hydrogen-bond acceptors (Lipinski definition) is 4. The van der Waals surface area contributed by atoms with Crippen molar-refractivity contribution < 1.29 is 19.2 Å². The molecule has 0 radical (unpaired) electrons. The minimum Gasteiger partial charge on any atom is -0.322 e. The quantitative estimate of drug-likeness (QED) is 0.592. The Labute approximate surface area is 173 Å². The smallest absolute Gasteiger partial charge is 0.255 e. The van der Waals surface area contributed by atoms with Crippen LogP contribution in [0.15, 0.2) is 72.8 Å². The highest BCUT2D eigenvalue weighted by atomic mass is 16.2. The van der Waals surface area contributed by atoms with E-state index in [0.29, 0.717) is 33.6 Å². The number of carbonyl (C=O) groups excluding carboxylic acids is 4. The van der Waals surface area contributed by atoms with E-state index in [0.717, 1.165) is 0 Å². The minimum absolute atomic E-state index is 0.0877. The van der Waals surface area contributed by atoms with E-state index in [9.17, 15) is 19.2 Å². The van der Waals surface area contributed by atoms with Crippen LogP contribution in [0.25, 0.3) is 0 Å². The molecule has 2 N–H and O–H groups in total. The fourth-order valence-electron chi connectivity index (χ4n) is 2.81. The molecule has 6 heteroatoms. The van der Waals surface area contributed by atoms with Gasteiger partial charge < -0.3 is 10.6 Å². The predicted octanol–water partition coefficient (Wildman–Crippen LogP) is 4.60. The highest BCUT2D eigenvalue weighted by molar-refractivity contribution is 6.08. The Bertz CT molecular complexity index is 1040. The Morgan fingerprint density at radius 1 is 0.533 bits per heavy atom. The van der Waals surface area contributed by atoms with Crippen LogP contribution in [-0.2, 0) is 0 Å². The molecule has 3 aromatic rings. The summed E-state index contributed by atoms with van der Waals surface area (Å²) in [5, 5.41) is 5.47. The van der Waals surface area contributed by atoms with Gasteiger partial charge >= 0.3 is 0 Å². The van der Waals surface area contributed by atoms with Gasteiger partial charge in [0.15, 0.2) is 11.6 Å². The van der Waals surface area contributed by atoms with Gasteiger partial charge in [-0.25, -0.2) is 0 Å². The summed E-state index contributed by atoms with van der Waals surface area (Å²) >= 11 is 0. The van der Waals surface area contributed by atoms with Crippen LogP contribution in [0.3, 0.4) is 0 Å². The fraction of sp³-hybridized carbons (Fsp3) is 0.0833. The zero-order valence-corrected chi connectivity index (χ0v) is 16.6. The first-order chi connectivity index (χ1) is 14.3. The van der Waals surface area contributed by atoms with Gasteiger partial charge in [0.2, 0.25) is 0 Å². The normalized spacial score (nSPS) is 10.2. The second-order valence-electron chi connectivity index (χ2n) is 6.76. The summed E-state index contributed by atoms with van der Waals surface area (Å²) in [5.41, 5.74) is 2.79. The van der Waals surface area contributed by atoms with E-state index < -0.39 is 0 Å². The lowest BCUT2D eigenvalue weighted by Crippen LogP contribution is -2.14. The van der Waals surface area contributed by atoms with Crippen LogP contribution < -0.4 is 10.6 Å². The first-order valence-electron chi connectivity index (χ1n) is 9.28. The summed E-state index contributed by atoms with van der Waals surface area (Å²) in [6.07, 6.45) is 0. The lowest BCUT2D eigenvalue weighted by molar-refractivity contribution is 0.100. The van der Waals surface area contributed by atoms with Gasteiger partial charge in [-0.15, -0.1) is 0 Å². The van der Waals surface area contributed by atoms with E-state index in [1.54, 1.807) is 72.8 Å². The van der Waals surface area contributed by atoms with Gasteiger partial charge in [-0.2, -0.15) is 0 Å². The number of amides is 2. The van der Waals surface area contributed by atoms with Crippen LogP contribution >= 0.6 is 0 Å². The lowest BCUT2D eigenvalue weighted by atomic mass is 10.1. The first-order valence-corrected chi connectivity index (χ1v) is 9.28. The number of ketones is 2. The molecule has 0 saturated carbocycles. The fourth-order valence-corrected chi connectivity index (χ4v) is 2.81. The number of benzene rings is 3. The average Bonchev–Trinajstić information content (AvgIpc) is 2.74. The van der Waals surface area contributed by atoms with Gasteiger partial charge in [0.25, 0.3) is 11.8 Å². The predicted molar refractivity (Wildman–Crippen MR) is 115 cm³/mol. The number of anilines is 2. The molecule has 0 saturated heterocycles. The van der Waals surface area contributed by atoms with Crippen LogP contribution in [0.5, 0.6) is 0 Å². The summed E-state index contributed by atoms with van der Waals surface area (Å²) in [7, 11) is 0. The Morgan fingerprint density at radius 2 is 0.900 bits per heavy atom. The van der Waals surface area contributed by atoms with E-state index in [1.165, 1.54) is 13.8 Å². The van der Waals surface area contributed by atoms with Gasteiger partial charge in [-0.3, -0.25) is 19.2 Å². The SMILES string of the molecule is CC(=O)c1cccc(NC(=O)c2ccc(C(=O)Nc3cccc(C(C)=O)c3)cc2)c1. The molecule has 3 aromatic carbocycles. The summed E-state index contributed by atoms with van der Waals surface area (Å²) in [5.74, 6) is -0.876. The third-order valence-electron chi connectivity index (χ3n) is 4.46. The molecule has 0 bridgehead atoms. The van der Waals surface area contributed by atoms with Crippen molar-refractivity contribution in [1.29, 1.82) is 0 Å². The molecule has 0 atom stereocenters. The van der Waals surface area contributed by atoms with E-state index >= 15 is 0 Å². The molecule has 6 nitrogen and oxygen atoms in total. The molecule has 0 unspecified atom stereocenters. The van der Waals surface area contributed by atoms with E-state index in [4.69, 9.17) is 0 Å². The molecule has 30 heavy (non-hydrogen) atoms. The molecule has 0 aliphatic carbocycles. The second-order valence-corrected chi connectivity index (χ2v) is 6.76. The maximum Gasteiger partial charge on any atom is 0.255 e. The van der Waals surface area contributed by atoms with Crippen molar-refractivity contribution in [2.45, 2.75) is 13.8 Å². The molecule has 0 spiro atoms. The molecule has 150 valence electrons. The Kier molecular flexibility index (Phi) is 6.17. The van der Waals surface area contributed by atoms with E-state index in [2.05, 4.69) is 10.6 Å². The molecule has 0 aliphatic heterocycles. The number of carbonyl (C=O) groups is 4. The summed E-state index contributed by atoms with van der Waals surface area (Å²) in [4.78, 5) is 47.8. The lowest BCUT2D eigenvalue weighted by Gasteiger charge is -2.08. The molecule has 0 aliphatic rings.